The first-order valence-electron chi connectivity index (χ1n) is 7.77. The smallest absolute Gasteiger partial charge is 0.270 e. The van der Waals surface area contributed by atoms with Crippen LogP contribution in [0.5, 0.6) is 5.75 Å². The van der Waals surface area contributed by atoms with E-state index in [9.17, 15) is 9.59 Å². The molecule has 24 heavy (non-hydrogen) atoms. The summed E-state index contributed by atoms with van der Waals surface area (Å²) in [5.41, 5.74) is 0.376. The molecule has 0 bridgehead atoms. The summed E-state index contributed by atoms with van der Waals surface area (Å²) in [4.78, 5) is 30.3. The molecule has 1 aromatic carbocycles. The molecule has 124 valence electrons. The van der Waals surface area contributed by atoms with Crippen molar-refractivity contribution in [2.75, 3.05) is 16.8 Å². The van der Waals surface area contributed by atoms with Crippen molar-refractivity contribution in [2.24, 2.45) is 0 Å². The van der Waals surface area contributed by atoms with Gasteiger partial charge in [0.15, 0.2) is 5.60 Å². The van der Waals surface area contributed by atoms with Crippen molar-refractivity contribution in [3.63, 3.8) is 0 Å². The van der Waals surface area contributed by atoms with Gasteiger partial charge >= 0.3 is 0 Å². The van der Waals surface area contributed by atoms with Crippen LogP contribution in [0.25, 0.3) is 0 Å². The van der Waals surface area contributed by atoms with E-state index in [1.54, 1.807) is 43.3 Å². The maximum atomic E-state index is 12.6. The van der Waals surface area contributed by atoms with Crippen molar-refractivity contribution in [3.8, 4) is 5.75 Å². The molecule has 2 aromatic rings. The lowest BCUT2D eigenvalue weighted by Crippen LogP contribution is -2.53. The van der Waals surface area contributed by atoms with Crippen LogP contribution in [-0.2, 0) is 9.59 Å². The van der Waals surface area contributed by atoms with Gasteiger partial charge in [-0.3, -0.25) is 14.6 Å². The number of para-hydroxylation sites is 2. The topological polar surface area (TPSA) is 71.5 Å². The lowest BCUT2D eigenvalue weighted by molar-refractivity contribution is -0.132. The molecule has 1 N–H and O–H groups in total. The molecule has 0 fully saturated rings. The fourth-order valence-corrected chi connectivity index (χ4v) is 2.61. The quantitative estimate of drug-likeness (QED) is 0.938. The van der Waals surface area contributed by atoms with E-state index in [1.165, 1.54) is 0 Å². The van der Waals surface area contributed by atoms with Gasteiger partial charge in [0, 0.05) is 19.2 Å². The Kier molecular flexibility index (Phi) is 4.20. The molecule has 1 aliphatic heterocycles. The van der Waals surface area contributed by atoms with Crippen molar-refractivity contribution < 1.29 is 14.3 Å². The van der Waals surface area contributed by atoms with E-state index in [0.29, 0.717) is 17.1 Å². The zero-order chi connectivity index (χ0) is 17.2. The largest absolute Gasteiger partial charge is 0.476 e. The van der Waals surface area contributed by atoms with Crippen LogP contribution in [0, 0.1) is 0 Å². The van der Waals surface area contributed by atoms with Gasteiger partial charge in [-0.05, 0) is 38.1 Å². The summed E-state index contributed by atoms with van der Waals surface area (Å²) in [5.74, 6) is 0.322. The van der Waals surface area contributed by atoms with E-state index in [1.807, 2.05) is 24.3 Å². The van der Waals surface area contributed by atoms with Crippen LogP contribution in [0.4, 0.5) is 11.4 Å². The number of nitrogens with one attached hydrogen (secondary N) is 1. The average Bonchev–Trinajstić information content (AvgIpc) is 2.56. The third-order valence-electron chi connectivity index (χ3n) is 3.79. The normalized spacial score (nSPS) is 15.4. The first-order chi connectivity index (χ1) is 11.5. The number of pyridine rings is 1. The Bertz CT molecular complexity index is 759. The standard InChI is InChI=1S/C18H19N3O3/c1-18(2)17(23)21(14-7-3-4-8-15(14)24-18)11-9-16(22)20-13-6-5-10-19-12-13/h3-8,10,12H,9,11H2,1-2H3,(H,20,22). The van der Waals surface area contributed by atoms with Crippen molar-refractivity contribution in [1.29, 1.82) is 0 Å². The van der Waals surface area contributed by atoms with Crippen LogP contribution >= 0.6 is 0 Å². The second-order valence-electron chi connectivity index (χ2n) is 6.08. The molecular formula is C18H19N3O3. The number of aromatic nitrogens is 1. The Morgan fingerprint density at radius 2 is 2.04 bits per heavy atom. The number of anilines is 2. The zero-order valence-corrected chi connectivity index (χ0v) is 13.7. The molecule has 0 saturated carbocycles. The summed E-state index contributed by atoms with van der Waals surface area (Å²) in [6, 6.07) is 10.9. The zero-order valence-electron chi connectivity index (χ0n) is 13.7. The minimum Gasteiger partial charge on any atom is -0.476 e. The number of fused-ring (bicyclic) bond motifs is 1. The molecule has 1 aromatic heterocycles. The minimum absolute atomic E-state index is 0.157. The number of benzene rings is 1. The second-order valence-corrected chi connectivity index (χ2v) is 6.08. The molecule has 0 atom stereocenters. The molecule has 3 rings (SSSR count). The summed E-state index contributed by atoms with van der Waals surface area (Å²) in [5, 5.41) is 2.77. The molecule has 0 unspecified atom stereocenters. The number of nitrogens with zero attached hydrogens (tertiary/aromatic N) is 2. The predicted octanol–water partition coefficient (Wildman–Crippen LogP) is 2.61. The summed E-state index contributed by atoms with van der Waals surface area (Å²) in [6.45, 7) is 3.75. The number of hydrogen-bond donors (Lipinski definition) is 1. The van der Waals surface area contributed by atoms with E-state index in [4.69, 9.17) is 4.74 Å². The number of carbonyl (C=O) groups is 2. The van der Waals surface area contributed by atoms with Crippen molar-refractivity contribution in [1.82, 2.24) is 4.98 Å². The van der Waals surface area contributed by atoms with Gasteiger partial charge < -0.3 is 15.0 Å². The molecule has 6 nitrogen and oxygen atoms in total. The van der Waals surface area contributed by atoms with Gasteiger partial charge in [0.1, 0.15) is 5.75 Å². The Hall–Kier alpha value is -2.89. The van der Waals surface area contributed by atoms with Crippen molar-refractivity contribution >= 4 is 23.2 Å². The molecule has 0 spiro atoms. The average molecular weight is 325 g/mol. The fraction of sp³-hybridized carbons (Fsp3) is 0.278. The molecule has 0 radical (unpaired) electrons. The first-order valence-corrected chi connectivity index (χ1v) is 7.77. The third kappa shape index (κ3) is 3.22. The van der Waals surface area contributed by atoms with Gasteiger partial charge in [-0.15, -0.1) is 0 Å². The van der Waals surface area contributed by atoms with Gasteiger partial charge in [0.2, 0.25) is 5.91 Å². The molecule has 2 amide bonds. The van der Waals surface area contributed by atoms with Crippen LogP contribution in [0.1, 0.15) is 20.3 Å². The van der Waals surface area contributed by atoms with Crippen LogP contribution in [0.2, 0.25) is 0 Å². The summed E-state index contributed by atoms with van der Waals surface area (Å²) in [7, 11) is 0. The minimum atomic E-state index is -0.950. The van der Waals surface area contributed by atoms with Gasteiger partial charge in [0.05, 0.1) is 17.6 Å². The molecule has 6 heteroatoms. The third-order valence-corrected chi connectivity index (χ3v) is 3.79. The molecular weight excluding hydrogens is 306 g/mol. The van der Waals surface area contributed by atoms with E-state index in [2.05, 4.69) is 10.3 Å². The van der Waals surface area contributed by atoms with Gasteiger partial charge in [-0.1, -0.05) is 12.1 Å². The van der Waals surface area contributed by atoms with E-state index in [0.717, 1.165) is 0 Å². The summed E-state index contributed by atoms with van der Waals surface area (Å²) < 4.78 is 5.76. The number of amides is 2. The van der Waals surface area contributed by atoms with Gasteiger partial charge in [0.25, 0.3) is 5.91 Å². The number of rotatable bonds is 4. The predicted molar refractivity (Wildman–Crippen MR) is 91.0 cm³/mol. The Morgan fingerprint density at radius 3 is 2.79 bits per heavy atom. The molecule has 0 aliphatic carbocycles. The lowest BCUT2D eigenvalue weighted by atomic mass is 10.0. The van der Waals surface area contributed by atoms with Crippen LogP contribution in [0.3, 0.4) is 0 Å². The maximum Gasteiger partial charge on any atom is 0.270 e. The number of ether oxygens (including phenoxy) is 1. The first kappa shape index (κ1) is 16.0. The highest BCUT2D eigenvalue weighted by atomic mass is 16.5. The molecule has 0 saturated heterocycles. The van der Waals surface area contributed by atoms with E-state index in [-0.39, 0.29) is 24.8 Å². The Labute approximate surface area is 140 Å². The summed E-state index contributed by atoms with van der Waals surface area (Å²) in [6.07, 6.45) is 3.41. The summed E-state index contributed by atoms with van der Waals surface area (Å²) >= 11 is 0. The Balaban J connectivity index is 1.72. The Morgan fingerprint density at radius 1 is 1.25 bits per heavy atom. The number of hydrogen-bond acceptors (Lipinski definition) is 4. The van der Waals surface area contributed by atoms with Crippen LogP contribution in [-0.4, -0.2) is 28.9 Å². The van der Waals surface area contributed by atoms with E-state index < -0.39 is 5.60 Å². The highest BCUT2D eigenvalue weighted by Crippen LogP contribution is 2.37. The molecule has 1 aliphatic rings. The fourth-order valence-electron chi connectivity index (χ4n) is 2.61. The van der Waals surface area contributed by atoms with Crippen molar-refractivity contribution in [3.05, 3.63) is 48.8 Å². The van der Waals surface area contributed by atoms with Gasteiger partial charge in [-0.25, -0.2) is 0 Å². The maximum absolute atomic E-state index is 12.6. The lowest BCUT2D eigenvalue weighted by Gasteiger charge is -2.38. The monoisotopic (exact) mass is 325 g/mol. The van der Waals surface area contributed by atoms with Gasteiger partial charge in [-0.2, -0.15) is 0 Å². The van der Waals surface area contributed by atoms with Crippen LogP contribution < -0.4 is 15.0 Å². The number of carbonyl (C=O) groups excluding carboxylic acids is 2. The SMILES string of the molecule is CC1(C)Oc2ccccc2N(CCC(=O)Nc2cccnc2)C1=O. The van der Waals surface area contributed by atoms with Crippen LogP contribution in [0.15, 0.2) is 48.8 Å². The molecule has 2 heterocycles. The highest BCUT2D eigenvalue weighted by molar-refractivity contribution is 6.03. The van der Waals surface area contributed by atoms with E-state index >= 15 is 0 Å². The highest BCUT2D eigenvalue weighted by Gasteiger charge is 2.40. The van der Waals surface area contributed by atoms with Crippen molar-refractivity contribution in [2.45, 2.75) is 25.9 Å². The second kappa shape index (κ2) is 6.31.